The molecule has 1 heterocycles. The summed E-state index contributed by atoms with van der Waals surface area (Å²) in [5.74, 6) is 0. The lowest BCUT2D eigenvalue weighted by Crippen LogP contribution is -2.34. The van der Waals surface area contributed by atoms with E-state index in [2.05, 4.69) is 25.8 Å². The number of likely N-dealkylation sites (tertiary alicyclic amines) is 1. The molecule has 3 unspecified atom stereocenters. The number of hydrogen-bond donors (Lipinski definition) is 1. The zero-order valence-corrected chi connectivity index (χ0v) is 12.7. The third-order valence-corrected chi connectivity index (χ3v) is 4.62. The van der Waals surface area contributed by atoms with Crippen LogP contribution in [0.15, 0.2) is 0 Å². The quantitative estimate of drug-likeness (QED) is 0.630. The molecule has 0 saturated carbocycles. The van der Waals surface area contributed by atoms with Gasteiger partial charge in [0, 0.05) is 12.1 Å². The highest BCUT2D eigenvalue weighted by Crippen LogP contribution is 2.28. The lowest BCUT2D eigenvalue weighted by molar-refractivity contribution is 0.120. The van der Waals surface area contributed by atoms with Crippen LogP contribution in [0.25, 0.3) is 0 Å². The molecule has 0 aromatic carbocycles. The monoisotopic (exact) mass is 255 g/mol. The fourth-order valence-corrected chi connectivity index (χ4v) is 3.36. The number of likely N-dealkylation sites (N-methyl/N-ethyl adjacent to an activating group) is 1. The van der Waals surface area contributed by atoms with Gasteiger partial charge >= 0.3 is 0 Å². The largest absolute Gasteiger partial charge is 0.391 e. The van der Waals surface area contributed by atoms with Crippen LogP contribution in [0.4, 0.5) is 0 Å². The number of nitrogens with zero attached hydrogens (tertiary/aromatic N) is 1. The summed E-state index contributed by atoms with van der Waals surface area (Å²) in [6.07, 6.45) is 12.9. The smallest absolute Gasteiger partial charge is 0.0710 e. The molecule has 0 aromatic rings. The fourth-order valence-electron chi connectivity index (χ4n) is 3.36. The first kappa shape index (κ1) is 16.0. The Kier molecular flexibility index (Phi) is 7.92. The van der Waals surface area contributed by atoms with Crippen LogP contribution in [0.2, 0.25) is 0 Å². The van der Waals surface area contributed by atoms with Crippen molar-refractivity contribution in [1.29, 1.82) is 0 Å². The molecule has 0 aliphatic carbocycles. The van der Waals surface area contributed by atoms with E-state index in [1.165, 1.54) is 51.4 Å². The molecule has 18 heavy (non-hydrogen) atoms. The van der Waals surface area contributed by atoms with Crippen molar-refractivity contribution >= 4 is 0 Å². The molecule has 0 spiro atoms. The highest BCUT2D eigenvalue weighted by molar-refractivity contribution is 4.91. The summed E-state index contributed by atoms with van der Waals surface area (Å²) in [5, 5.41) is 9.99. The maximum atomic E-state index is 9.99. The van der Waals surface area contributed by atoms with E-state index < -0.39 is 0 Å². The van der Waals surface area contributed by atoms with Crippen molar-refractivity contribution in [2.75, 3.05) is 7.05 Å². The predicted octanol–water partition coefficient (Wildman–Crippen LogP) is 3.97. The molecule has 1 saturated heterocycles. The van der Waals surface area contributed by atoms with Gasteiger partial charge in [0.05, 0.1) is 6.10 Å². The molecule has 1 fully saturated rings. The highest BCUT2D eigenvalue weighted by atomic mass is 16.3. The van der Waals surface area contributed by atoms with Crippen LogP contribution in [-0.4, -0.2) is 35.2 Å². The molecular formula is C16H33NO. The topological polar surface area (TPSA) is 23.5 Å². The van der Waals surface area contributed by atoms with Crippen LogP contribution in [0.1, 0.15) is 78.1 Å². The second-order valence-corrected chi connectivity index (χ2v) is 6.01. The minimum Gasteiger partial charge on any atom is -0.391 e. The lowest BCUT2D eigenvalue weighted by atomic mass is 10.0. The first-order valence-electron chi connectivity index (χ1n) is 8.10. The summed E-state index contributed by atoms with van der Waals surface area (Å²) in [4.78, 5) is 2.42. The van der Waals surface area contributed by atoms with Crippen molar-refractivity contribution in [3.63, 3.8) is 0 Å². The van der Waals surface area contributed by atoms with Gasteiger partial charge in [-0.15, -0.1) is 0 Å². The molecule has 0 amide bonds. The van der Waals surface area contributed by atoms with Crippen molar-refractivity contribution in [2.24, 2.45) is 0 Å². The van der Waals surface area contributed by atoms with E-state index in [1.807, 2.05) is 0 Å². The fraction of sp³-hybridized carbons (Fsp3) is 1.00. The first-order valence-corrected chi connectivity index (χ1v) is 8.10. The van der Waals surface area contributed by atoms with Crippen LogP contribution in [0.3, 0.4) is 0 Å². The molecular weight excluding hydrogens is 222 g/mol. The van der Waals surface area contributed by atoms with Crippen LogP contribution >= 0.6 is 0 Å². The van der Waals surface area contributed by atoms with Crippen molar-refractivity contribution < 1.29 is 5.11 Å². The molecule has 0 bridgehead atoms. The summed E-state index contributed by atoms with van der Waals surface area (Å²) in [7, 11) is 2.19. The van der Waals surface area contributed by atoms with Crippen molar-refractivity contribution in [2.45, 2.75) is 96.2 Å². The zero-order chi connectivity index (χ0) is 13.4. The molecule has 1 N–H and O–H groups in total. The predicted molar refractivity (Wildman–Crippen MR) is 78.9 cm³/mol. The summed E-state index contributed by atoms with van der Waals surface area (Å²) >= 11 is 0. The maximum absolute atomic E-state index is 9.99. The number of aliphatic hydroxyl groups excluding tert-OH is 1. The second-order valence-electron chi connectivity index (χ2n) is 6.01. The summed E-state index contributed by atoms with van der Waals surface area (Å²) in [6.45, 7) is 4.45. The van der Waals surface area contributed by atoms with Crippen LogP contribution in [-0.2, 0) is 0 Å². The molecule has 3 atom stereocenters. The lowest BCUT2D eigenvalue weighted by Gasteiger charge is -2.25. The minimum atomic E-state index is -0.0884. The summed E-state index contributed by atoms with van der Waals surface area (Å²) in [6, 6.07) is 1.03. The summed E-state index contributed by atoms with van der Waals surface area (Å²) < 4.78 is 0. The Labute approximate surface area is 114 Å². The number of aliphatic hydroxyl groups is 1. The van der Waals surface area contributed by atoms with Crippen LogP contribution < -0.4 is 0 Å². The van der Waals surface area contributed by atoms with Crippen LogP contribution in [0.5, 0.6) is 0 Å². The van der Waals surface area contributed by atoms with Crippen molar-refractivity contribution in [3.8, 4) is 0 Å². The summed E-state index contributed by atoms with van der Waals surface area (Å²) in [5.41, 5.74) is 0. The van der Waals surface area contributed by atoms with Gasteiger partial charge in [0.25, 0.3) is 0 Å². The minimum absolute atomic E-state index is 0.0884. The van der Waals surface area contributed by atoms with Gasteiger partial charge in [-0.1, -0.05) is 58.8 Å². The van der Waals surface area contributed by atoms with E-state index >= 15 is 0 Å². The standard InChI is InChI=1S/C16H33NO/c1-4-6-7-8-9-10-11-12-14-13-16(18)15(5-2)17(14)3/h14-16,18H,4-13H2,1-3H3. The number of rotatable bonds is 9. The molecule has 0 aromatic heterocycles. The third kappa shape index (κ3) is 4.89. The Morgan fingerprint density at radius 1 is 1.00 bits per heavy atom. The maximum Gasteiger partial charge on any atom is 0.0710 e. The van der Waals surface area contributed by atoms with Crippen molar-refractivity contribution in [1.82, 2.24) is 4.90 Å². The molecule has 1 rings (SSSR count). The van der Waals surface area contributed by atoms with E-state index in [0.717, 1.165) is 12.8 Å². The third-order valence-electron chi connectivity index (χ3n) is 4.62. The van der Waals surface area contributed by atoms with Crippen molar-refractivity contribution in [3.05, 3.63) is 0 Å². The van der Waals surface area contributed by atoms with E-state index in [9.17, 15) is 5.11 Å². The van der Waals surface area contributed by atoms with Gasteiger partial charge in [-0.3, -0.25) is 4.90 Å². The van der Waals surface area contributed by atoms with Gasteiger partial charge in [-0.25, -0.2) is 0 Å². The number of unbranched alkanes of at least 4 members (excludes halogenated alkanes) is 6. The Bertz CT molecular complexity index is 207. The van der Waals surface area contributed by atoms with E-state index in [1.54, 1.807) is 0 Å². The van der Waals surface area contributed by atoms with E-state index in [4.69, 9.17) is 0 Å². The van der Waals surface area contributed by atoms with Gasteiger partial charge in [0.15, 0.2) is 0 Å². The molecule has 1 aliphatic rings. The van der Waals surface area contributed by atoms with Crippen LogP contribution in [0, 0.1) is 0 Å². The molecule has 1 aliphatic heterocycles. The Balaban J connectivity index is 2.06. The Morgan fingerprint density at radius 2 is 1.61 bits per heavy atom. The van der Waals surface area contributed by atoms with Gasteiger partial charge < -0.3 is 5.11 Å². The highest BCUT2D eigenvalue weighted by Gasteiger charge is 2.35. The average Bonchev–Trinajstić information content (AvgIpc) is 2.63. The molecule has 2 heteroatoms. The van der Waals surface area contributed by atoms with Gasteiger partial charge in [0.1, 0.15) is 0 Å². The second kappa shape index (κ2) is 8.92. The van der Waals surface area contributed by atoms with Gasteiger partial charge in [0.2, 0.25) is 0 Å². The first-order chi connectivity index (χ1) is 8.70. The van der Waals surface area contributed by atoms with E-state index in [-0.39, 0.29) is 6.10 Å². The SMILES string of the molecule is CCCCCCCCCC1CC(O)C(CC)N1C. The average molecular weight is 255 g/mol. The van der Waals surface area contributed by atoms with E-state index in [0.29, 0.717) is 12.1 Å². The molecule has 108 valence electrons. The Morgan fingerprint density at radius 3 is 2.17 bits per heavy atom. The van der Waals surface area contributed by atoms with Gasteiger partial charge in [-0.2, -0.15) is 0 Å². The molecule has 0 radical (unpaired) electrons. The Hall–Kier alpha value is -0.0800. The number of hydrogen-bond acceptors (Lipinski definition) is 2. The normalized spacial score (nSPS) is 29.0. The molecule has 2 nitrogen and oxygen atoms in total. The van der Waals surface area contributed by atoms with Gasteiger partial charge in [-0.05, 0) is 26.3 Å². The zero-order valence-electron chi connectivity index (χ0n) is 12.7.